The van der Waals surface area contributed by atoms with Crippen LogP contribution in [-0.2, 0) is 9.59 Å². The van der Waals surface area contributed by atoms with Crippen molar-refractivity contribution < 1.29 is 19.5 Å². The lowest BCUT2D eigenvalue weighted by Crippen LogP contribution is -2.50. The molecule has 7 heteroatoms. The van der Waals surface area contributed by atoms with Gasteiger partial charge in [0, 0.05) is 12.5 Å². The molecule has 0 bridgehead atoms. The summed E-state index contributed by atoms with van der Waals surface area (Å²) in [5, 5.41) is 14.0. The maximum atomic E-state index is 11.7. The van der Waals surface area contributed by atoms with Crippen LogP contribution in [0.25, 0.3) is 0 Å². The Morgan fingerprint density at radius 1 is 1.21 bits per heavy atom. The first-order valence-electron chi connectivity index (χ1n) is 6.36. The van der Waals surface area contributed by atoms with Crippen molar-refractivity contribution in [3.05, 3.63) is 0 Å². The Kier molecular flexibility index (Phi) is 7.55. The van der Waals surface area contributed by atoms with Crippen LogP contribution >= 0.6 is 0 Å². The molecular formula is C12H23N3O4. The molecule has 0 aromatic rings. The van der Waals surface area contributed by atoms with E-state index in [1.54, 1.807) is 0 Å². The number of nitrogens with two attached hydrogens (primary N) is 1. The third kappa shape index (κ3) is 7.28. The normalized spacial score (nSPS) is 13.7. The number of urea groups is 1. The summed E-state index contributed by atoms with van der Waals surface area (Å²) in [5.74, 6) is -1.53. The van der Waals surface area contributed by atoms with Crippen LogP contribution in [0.4, 0.5) is 4.79 Å². The van der Waals surface area contributed by atoms with Crippen LogP contribution in [0.15, 0.2) is 0 Å². The van der Waals surface area contributed by atoms with E-state index < -0.39 is 23.9 Å². The van der Waals surface area contributed by atoms with Crippen LogP contribution in [0.2, 0.25) is 0 Å². The second-order valence-corrected chi connectivity index (χ2v) is 4.77. The average Bonchev–Trinajstić information content (AvgIpc) is 2.30. The van der Waals surface area contributed by atoms with Gasteiger partial charge in [-0.15, -0.1) is 0 Å². The molecule has 0 saturated carbocycles. The number of primary amides is 1. The van der Waals surface area contributed by atoms with Gasteiger partial charge in [0.05, 0.1) is 0 Å². The van der Waals surface area contributed by atoms with Crippen molar-refractivity contribution in [1.82, 2.24) is 10.6 Å². The topological polar surface area (TPSA) is 122 Å². The molecule has 19 heavy (non-hydrogen) atoms. The molecule has 0 rings (SSSR count). The van der Waals surface area contributed by atoms with Gasteiger partial charge in [-0.1, -0.05) is 20.8 Å². The minimum Gasteiger partial charge on any atom is -0.480 e. The number of carbonyl (C=O) groups excluding carboxylic acids is 2. The maximum Gasteiger partial charge on any atom is 0.326 e. The van der Waals surface area contributed by atoms with Gasteiger partial charge in [-0.2, -0.15) is 0 Å². The van der Waals surface area contributed by atoms with Crippen LogP contribution in [0, 0.1) is 5.92 Å². The lowest BCUT2D eigenvalue weighted by atomic mass is 10.0. The Bertz CT molecular complexity index is 331. The minimum atomic E-state index is -1.19. The number of amides is 3. The summed E-state index contributed by atoms with van der Waals surface area (Å²) in [6, 6.07) is -1.68. The SMILES string of the molecule is CCC(NC(=O)N[C@@H](CCC(N)=O)C(=O)O)C(C)C. The molecular weight excluding hydrogens is 250 g/mol. The molecule has 0 aliphatic carbocycles. The second kappa shape index (κ2) is 8.34. The van der Waals surface area contributed by atoms with Gasteiger partial charge in [0.2, 0.25) is 5.91 Å². The Morgan fingerprint density at radius 3 is 2.16 bits per heavy atom. The van der Waals surface area contributed by atoms with E-state index in [2.05, 4.69) is 10.6 Å². The molecule has 0 aliphatic heterocycles. The maximum absolute atomic E-state index is 11.7. The Labute approximate surface area is 112 Å². The van der Waals surface area contributed by atoms with Crippen LogP contribution < -0.4 is 16.4 Å². The van der Waals surface area contributed by atoms with Gasteiger partial charge in [0.25, 0.3) is 0 Å². The highest BCUT2D eigenvalue weighted by atomic mass is 16.4. The standard InChI is InChI=1S/C12H23N3O4/c1-4-8(7(2)3)14-12(19)15-9(11(17)18)5-6-10(13)16/h7-9H,4-6H2,1-3H3,(H2,13,16)(H,17,18)(H2,14,15,19)/t8?,9-/m0/s1. The van der Waals surface area contributed by atoms with Crippen molar-refractivity contribution in [3.8, 4) is 0 Å². The first-order valence-corrected chi connectivity index (χ1v) is 6.36. The van der Waals surface area contributed by atoms with Crippen molar-refractivity contribution in [2.75, 3.05) is 0 Å². The summed E-state index contributed by atoms with van der Waals surface area (Å²) in [6.45, 7) is 5.87. The van der Waals surface area contributed by atoms with Gasteiger partial charge < -0.3 is 21.5 Å². The van der Waals surface area contributed by atoms with Gasteiger partial charge >= 0.3 is 12.0 Å². The van der Waals surface area contributed by atoms with E-state index in [0.29, 0.717) is 0 Å². The van der Waals surface area contributed by atoms with E-state index in [0.717, 1.165) is 6.42 Å². The van der Waals surface area contributed by atoms with Gasteiger partial charge in [-0.05, 0) is 18.8 Å². The summed E-state index contributed by atoms with van der Waals surface area (Å²) in [4.78, 5) is 33.2. The molecule has 110 valence electrons. The van der Waals surface area contributed by atoms with Crippen LogP contribution in [0.3, 0.4) is 0 Å². The van der Waals surface area contributed by atoms with E-state index in [9.17, 15) is 14.4 Å². The second-order valence-electron chi connectivity index (χ2n) is 4.77. The number of hydrogen-bond donors (Lipinski definition) is 4. The molecule has 0 aliphatic rings. The molecule has 0 saturated heterocycles. The van der Waals surface area contributed by atoms with E-state index in [-0.39, 0.29) is 24.8 Å². The number of rotatable bonds is 8. The minimum absolute atomic E-state index is 0.0173. The van der Waals surface area contributed by atoms with Gasteiger partial charge in [-0.3, -0.25) is 4.79 Å². The zero-order chi connectivity index (χ0) is 15.0. The number of carboxylic acid groups (broad SMARTS) is 1. The quantitative estimate of drug-likeness (QED) is 0.512. The van der Waals surface area contributed by atoms with Crippen LogP contribution in [0.5, 0.6) is 0 Å². The molecule has 0 fully saturated rings. The Hall–Kier alpha value is -1.79. The first-order chi connectivity index (χ1) is 8.77. The number of carbonyl (C=O) groups is 3. The van der Waals surface area contributed by atoms with E-state index in [1.165, 1.54) is 0 Å². The number of aliphatic carboxylic acids is 1. The number of nitrogens with one attached hydrogen (secondary N) is 2. The highest BCUT2D eigenvalue weighted by molar-refractivity contribution is 5.83. The van der Waals surface area contributed by atoms with Gasteiger partial charge in [-0.25, -0.2) is 9.59 Å². The summed E-state index contributed by atoms with van der Waals surface area (Å²) < 4.78 is 0. The molecule has 0 radical (unpaired) electrons. The fourth-order valence-corrected chi connectivity index (χ4v) is 1.65. The third-order valence-electron chi connectivity index (χ3n) is 2.84. The molecule has 1 unspecified atom stereocenters. The van der Waals surface area contributed by atoms with Crippen molar-refractivity contribution in [2.24, 2.45) is 11.7 Å². The zero-order valence-corrected chi connectivity index (χ0v) is 11.6. The summed E-state index contributed by atoms with van der Waals surface area (Å²) >= 11 is 0. The third-order valence-corrected chi connectivity index (χ3v) is 2.84. The highest BCUT2D eigenvalue weighted by Crippen LogP contribution is 2.05. The molecule has 2 atom stereocenters. The van der Waals surface area contributed by atoms with Gasteiger partial charge in [0.15, 0.2) is 0 Å². The molecule has 7 nitrogen and oxygen atoms in total. The average molecular weight is 273 g/mol. The Balaban J connectivity index is 4.38. The van der Waals surface area contributed by atoms with E-state index in [4.69, 9.17) is 10.8 Å². The first kappa shape index (κ1) is 17.2. The molecule has 0 aromatic heterocycles. The van der Waals surface area contributed by atoms with Crippen LogP contribution in [-0.4, -0.2) is 35.1 Å². The predicted octanol–water partition coefficient (Wildman–Crippen LogP) is 0.439. The molecule has 0 heterocycles. The number of carboxylic acids is 1. The van der Waals surface area contributed by atoms with Crippen molar-refractivity contribution >= 4 is 17.9 Å². The summed E-state index contributed by atoms with van der Waals surface area (Å²) in [6.07, 6.45) is 0.652. The monoisotopic (exact) mass is 273 g/mol. The summed E-state index contributed by atoms with van der Waals surface area (Å²) in [7, 11) is 0. The highest BCUT2D eigenvalue weighted by Gasteiger charge is 2.22. The summed E-state index contributed by atoms with van der Waals surface area (Å²) in [5.41, 5.74) is 4.95. The van der Waals surface area contributed by atoms with Gasteiger partial charge in [0.1, 0.15) is 6.04 Å². The molecule has 0 spiro atoms. The molecule has 5 N–H and O–H groups in total. The predicted molar refractivity (Wildman–Crippen MR) is 70.4 cm³/mol. The van der Waals surface area contributed by atoms with Crippen molar-refractivity contribution in [1.29, 1.82) is 0 Å². The van der Waals surface area contributed by atoms with E-state index >= 15 is 0 Å². The molecule has 3 amide bonds. The molecule has 0 aromatic carbocycles. The zero-order valence-electron chi connectivity index (χ0n) is 11.6. The largest absolute Gasteiger partial charge is 0.480 e. The number of hydrogen-bond acceptors (Lipinski definition) is 3. The van der Waals surface area contributed by atoms with Crippen molar-refractivity contribution in [3.63, 3.8) is 0 Å². The van der Waals surface area contributed by atoms with Crippen molar-refractivity contribution in [2.45, 2.75) is 52.1 Å². The van der Waals surface area contributed by atoms with E-state index in [1.807, 2.05) is 20.8 Å². The lowest BCUT2D eigenvalue weighted by molar-refractivity contribution is -0.139. The Morgan fingerprint density at radius 2 is 1.79 bits per heavy atom. The smallest absolute Gasteiger partial charge is 0.326 e. The fraction of sp³-hybridized carbons (Fsp3) is 0.750. The fourth-order valence-electron chi connectivity index (χ4n) is 1.65. The lowest BCUT2D eigenvalue weighted by Gasteiger charge is -2.22. The van der Waals surface area contributed by atoms with Crippen LogP contribution in [0.1, 0.15) is 40.0 Å².